The summed E-state index contributed by atoms with van der Waals surface area (Å²) in [5.74, 6) is -0.901. The van der Waals surface area contributed by atoms with Gasteiger partial charge < -0.3 is 9.84 Å². The van der Waals surface area contributed by atoms with E-state index in [-0.39, 0.29) is 5.82 Å². The summed E-state index contributed by atoms with van der Waals surface area (Å²) in [6, 6.07) is 9.57. The van der Waals surface area contributed by atoms with Gasteiger partial charge in [-0.05, 0) is 42.3 Å². The third kappa shape index (κ3) is 3.80. The van der Waals surface area contributed by atoms with Crippen LogP contribution in [0.25, 0.3) is 11.1 Å². The second-order valence-electron chi connectivity index (χ2n) is 6.70. The van der Waals surface area contributed by atoms with Crippen molar-refractivity contribution in [2.24, 2.45) is 5.41 Å². The Hall–Kier alpha value is -2.46. The highest BCUT2D eigenvalue weighted by atomic mass is 19.1. The fourth-order valence-electron chi connectivity index (χ4n) is 2.64. The van der Waals surface area contributed by atoms with Crippen molar-refractivity contribution in [3.05, 3.63) is 71.6 Å². The smallest absolute Gasteiger partial charge is 0.337 e. The van der Waals surface area contributed by atoms with E-state index in [1.54, 1.807) is 36.4 Å². The van der Waals surface area contributed by atoms with Crippen molar-refractivity contribution in [1.29, 1.82) is 0 Å². The molecule has 0 saturated carbocycles. The van der Waals surface area contributed by atoms with Gasteiger partial charge >= 0.3 is 5.97 Å². The molecule has 0 bridgehead atoms. The number of halogens is 1. The maximum absolute atomic E-state index is 14.4. The molecule has 0 spiro atoms. The molecule has 1 N–H and O–H groups in total. The number of rotatable bonds is 5. The topological polar surface area (TPSA) is 46.5 Å². The molecule has 0 saturated heterocycles. The van der Waals surface area contributed by atoms with Crippen LogP contribution in [-0.2, 0) is 4.74 Å². The molecule has 2 aromatic rings. The van der Waals surface area contributed by atoms with Crippen molar-refractivity contribution in [1.82, 2.24) is 0 Å². The van der Waals surface area contributed by atoms with E-state index < -0.39 is 17.5 Å². The Kier molecular flexibility index (Phi) is 5.43. The first-order valence-corrected chi connectivity index (χ1v) is 8.01. The molecule has 0 radical (unpaired) electrons. The molecule has 0 heterocycles. The van der Waals surface area contributed by atoms with Crippen molar-refractivity contribution in [3.63, 3.8) is 0 Å². The van der Waals surface area contributed by atoms with Crippen LogP contribution in [0.2, 0.25) is 0 Å². The Morgan fingerprint density at radius 1 is 1.24 bits per heavy atom. The number of ether oxygens (including phenoxy) is 1. The molecule has 4 heteroatoms. The Labute approximate surface area is 147 Å². The number of hydrogen-bond acceptors (Lipinski definition) is 3. The number of aliphatic hydroxyl groups excluding tert-OH is 1. The van der Waals surface area contributed by atoms with Crippen molar-refractivity contribution in [2.75, 3.05) is 7.11 Å². The average Bonchev–Trinajstić information content (AvgIpc) is 2.61. The summed E-state index contributed by atoms with van der Waals surface area (Å²) in [5.41, 5.74) is 1.91. The molecule has 132 valence electrons. The monoisotopic (exact) mass is 342 g/mol. The first-order valence-electron chi connectivity index (χ1n) is 8.01. The number of aryl methyl sites for hydroxylation is 1. The third-order valence-electron chi connectivity index (χ3n) is 4.41. The van der Waals surface area contributed by atoms with Gasteiger partial charge in [0.1, 0.15) is 5.82 Å². The first kappa shape index (κ1) is 18.9. The van der Waals surface area contributed by atoms with Crippen molar-refractivity contribution in [3.8, 4) is 11.1 Å². The molecule has 3 nitrogen and oxygen atoms in total. The van der Waals surface area contributed by atoms with Gasteiger partial charge in [-0.15, -0.1) is 6.58 Å². The lowest BCUT2D eigenvalue weighted by Crippen LogP contribution is -2.20. The highest BCUT2D eigenvalue weighted by Gasteiger charge is 2.29. The van der Waals surface area contributed by atoms with Gasteiger partial charge in [0.05, 0.1) is 18.8 Å². The maximum Gasteiger partial charge on any atom is 0.337 e. The number of hydrogen-bond donors (Lipinski definition) is 1. The third-order valence-corrected chi connectivity index (χ3v) is 4.41. The lowest BCUT2D eigenvalue weighted by molar-refractivity contribution is 0.0598. The summed E-state index contributed by atoms with van der Waals surface area (Å²) in [6.07, 6.45) is 0.670. The Balaban J connectivity index is 2.73. The molecule has 1 atom stereocenters. The number of aliphatic hydroxyl groups is 1. The average molecular weight is 342 g/mol. The van der Waals surface area contributed by atoms with E-state index in [0.717, 1.165) is 5.56 Å². The van der Waals surface area contributed by atoms with E-state index >= 15 is 0 Å². The van der Waals surface area contributed by atoms with Gasteiger partial charge in [0, 0.05) is 11.0 Å². The molecule has 25 heavy (non-hydrogen) atoms. The Morgan fingerprint density at radius 2 is 1.92 bits per heavy atom. The van der Waals surface area contributed by atoms with Crippen molar-refractivity contribution >= 4 is 5.97 Å². The largest absolute Gasteiger partial charge is 0.465 e. The zero-order valence-electron chi connectivity index (χ0n) is 15.0. The summed E-state index contributed by atoms with van der Waals surface area (Å²) in [6.45, 7) is 9.28. The van der Waals surface area contributed by atoms with E-state index in [1.165, 1.54) is 13.2 Å². The van der Waals surface area contributed by atoms with E-state index in [0.29, 0.717) is 22.3 Å². The second-order valence-corrected chi connectivity index (χ2v) is 6.70. The summed E-state index contributed by atoms with van der Waals surface area (Å²) in [7, 11) is 1.29. The first-order chi connectivity index (χ1) is 11.7. The van der Waals surface area contributed by atoms with Crippen molar-refractivity contribution < 1.29 is 19.0 Å². The minimum atomic E-state index is -0.968. The van der Waals surface area contributed by atoms with Gasteiger partial charge in [0.25, 0.3) is 0 Å². The van der Waals surface area contributed by atoms with Gasteiger partial charge in [-0.1, -0.05) is 37.6 Å². The fraction of sp³-hybridized carbons (Fsp3) is 0.286. The molecular weight excluding hydrogens is 319 g/mol. The lowest BCUT2D eigenvalue weighted by Gasteiger charge is -2.29. The molecule has 0 aliphatic carbocycles. The second kappa shape index (κ2) is 7.19. The maximum atomic E-state index is 14.4. The van der Waals surface area contributed by atoms with E-state index in [9.17, 15) is 14.3 Å². The molecular formula is C21H23FO3. The quantitative estimate of drug-likeness (QED) is 0.625. The van der Waals surface area contributed by atoms with E-state index in [4.69, 9.17) is 4.74 Å². The summed E-state index contributed by atoms with van der Waals surface area (Å²) >= 11 is 0. The number of carbonyl (C=O) groups is 1. The molecule has 0 aliphatic heterocycles. The molecule has 0 fully saturated rings. The summed E-state index contributed by atoms with van der Waals surface area (Å²) in [4.78, 5) is 11.9. The van der Waals surface area contributed by atoms with Crippen LogP contribution in [0, 0.1) is 18.2 Å². The van der Waals surface area contributed by atoms with Crippen LogP contribution in [0.3, 0.4) is 0 Å². The van der Waals surface area contributed by atoms with Gasteiger partial charge in [-0.3, -0.25) is 0 Å². The van der Waals surface area contributed by atoms with E-state index in [2.05, 4.69) is 6.58 Å². The van der Waals surface area contributed by atoms with Crippen LogP contribution in [0.4, 0.5) is 4.39 Å². The highest BCUT2D eigenvalue weighted by molar-refractivity contribution is 5.90. The summed E-state index contributed by atoms with van der Waals surface area (Å²) < 4.78 is 19.2. The van der Waals surface area contributed by atoms with Crippen molar-refractivity contribution in [2.45, 2.75) is 26.9 Å². The van der Waals surface area contributed by atoms with Gasteiger partial charge in [-0.2, -0.15) is 0 Å². The van der Waals surface area contributed by atoms with Crippen LogP contribution >= 0.6 is 0 Å². The molecule has 2 rings (SSSR count). The number of benzene rings is 2. The molecule has 0 amide bonds. The van der Waals surface area contributed by atoms with Crippen LogP contribution < -0.4 is 0 Å². The van der Waals surface area contributed by atoms with Crippen LogP contribution in [-0.4, -0.2) is 18.2 Å². The number of methoxy groups -OCH3 is 1. The fourth-order valence-corrected chi connectivity index (χ4v) is 2.64. The van der Waals surface area contributed by atoms with Crippen LogP contribution in [0.5, 0.6) is 0 Å². The minimum Gasteiger partial charge on any atom is -0.465 e. The van der Waals surface area contributed by atoms with Gasteiger partial charge in [0.2, 0.25) is 0 Å². The lowest BCUT2D eigenvalue weighted by atomic mass is 9.79. The zero-order chi connectivity index (χ0) is 18.8. The predicted octanol–water partition coefficient (Wildman–Crippen LogP) is 4.83. The normalized spacial score (nSPS) is 12.6. The molecule has 0 aromatic heterocycles. The summed E-state index contributed by atoms with van der Waals surface area (Å²) in [5, 5.41) is 10.9. The number of carbonyl (C=O) groups excluding carboxylic acids is 1. The molecule has 0 aliphatic rings. The van der Waals surface area contributed by atoms with Gasteiger partial charge in [-0.25, -0.2) is 9.18 Å². The molecule has 2 aromatic carbocycles. The zero-order valence-corrected chi connectivity index (χ0v) is 15.0. The standard InChI is InChI=1S/C21H23FO3/c1-6-21(3,4)19(23)17-12-14(20(24)25-5)8-9-15(17)16-11-13(2)7-10-18(16)22/h6-12,19,23H,1H2,2-5H3. The highest BCUT2D eigenvalue weighted by Crippen LogP contribution is 2.40. The number of esters is 1. The Bertz CT molecular complexity index is 809. The van der Waals surface area contributed by atoms with Crippen LogP contribution in [0.1, 0.15) is 41.4 Å². The Morgan fingerprint density at radius 3 is 2.52 bits per heavy atom. The minimum absolute atomic E-state index is 0.299. The SMILES string of the molecule is C=CC(C)(C)C(O)c1cc(C(=O)OC)ccc1-c1cc(C)ccc1F. The molecule has 1 unspecified atom stereocenters. The van der Waals surface area contributed by atoms with E-state index in [1.807, 2.05) is 20.8 Å². The van der Waals surface area contributed by atoms with Gasteiger partial charge in [0.15, 0.2) is 0 Å². The van der Waals surface area contributed by atoms with Crippen LogP contribution in [0.15, 0.2) is 49.1 Å². The predicted molar refractivity (Wildman–Crippen MR) is 96.9 cm³/mol.